The number of nitrogens with one attached hydrogen (secondary N) is 1. The van der Waals surface area contributed by atoms with Crippen LogP contribution in [0.25, 0.3) is 0 Å². The maximum absolute atomic E-state index is 12.0. The van der Waals surface area contributed by atoms with E-state index in [9.17, 15) is 13.2 Å². The second-order valence-electron chi connectivity index (χ2n) is 4.91. The molecule has 2 saturated heterocycles. The van der Waals surface area contributed by atoms with Crippen molar-refractivity contribution in [2.24, 2.45) is 0 Å². The molecule has 0 spiro atoms. The number of nitrogens with zero attached hydrogens (tertiary/aromatic N) is 2. The van der Waals surface area contributed by atoms with E-state index in [-0.39, 0.29) is 17.4 Å². The van der Waals surface area contributed by atoms with Crippen LogP contribution in [-0.2, 0) is 14.6 Å². The summed E-state index contributed by atoms with van der Waals surface area (Å²) in [5.74, 6) is 0.559. The van der Waals surface area contributed by atoms with Gasteiger partial charge in [-0.1, -0.05) is 0 Å². The fraction of sp³-hybridized carbons (Fsp3) is 0.909. The molecule has 0 aliphatic carbocycles. The van der Waals surface area contributed by atoms with Crippen molar-refractivity contribution >= 4 is 15.7 Å². The summed E-state index contributed by atoms with van der Waals surface area (Å²) < 4.78 is 22.9. The molecule has 2 heterocycles. The first-order chi connectivity index (χ1) is 8.57. The van der Waals surface area contributed by atoms with Gasteiger partial charge in [-0.05, 0) is 13.0 Å². The fourth-order valence-electron chi connectivity index (χ4n) is 2.35. The van der Waals surface area contributed by atoms with E-state index < -0.39 is 9.84 Å². The Morgan fingerprint density at radius 2 is 1.78 bits per heavy atom. The third kappa shape index (κ3) is 3.93. The average Bonchev–Trinajstić information content (AvgIpc) is 2.52. The largest absolute Gasteiger partial charge is 0.339 e. The lowest BCUT2D eigenvalue weighted by Gasteiger charge is -2.29. The lowest BCUT2D eigenvalue weighted by Crippen LogP contribution is -2.49. The molecule has 0 aromatic heterocycles. The van der Waals surface area contributed by atoms with Crippen LogP contribution in [0.1, 0.15) is 6.42 Å². The number of hydrogen-bond donors (Lipinski definition) is 1. The van der Waals surface area contributed by atoms with Crippen LogP contribution in [0.15, 0.2) is 0 Å². The second-order valence-corrected chi connectivity index (χ2v) is 7.22. The molecule has 0 bridgehead atoms. The van der Waals surface area contributed by atoms with Crippen molar-refractivity contribution in [1.82, 2.24) is 15.1 Å². The van der Waals surface area contributed by atoms with E-state index in [1.54, 1.807) is 0 Å². The van der Waals surface area contributed by atoms with Gasteiger partial charge in [-0.2, -0.15) is 0 Å². The Morgan fingerprint density at radius 3 is 2.50 bits per heavy atom. The summed E-state index contributed by atoms with van der Waals surface area (Å²) in [7, 11) is -2.89. The second kappa shape index (κ2) is 5.99. The van der Waals surface area contributed by atoms with E-state index in [4.69, 9.17) is 0 Å². The first-order valence-electron chi connectivity index (χ1n) is 6.48. The van der Waals surface area contributed by atoms with Gasteiger partial charge in [0.15, 0.2) is 9.84 Å². The number of carbonyl (C=O) groups excluding carboxylic acids is 1. The van der Waals surface area contributed by atoms with E-state index in [1.165, 1.54) is 0 Å². The molecular formula is C11H21N3O3S. The van der Waals surface area contributed by atoms with Crippen LogP contribution in [-0.4, -0.2) is 81.4 Å². The van der Waals surface area contributed by atoms with Gasteiger partial charge in [-0.3, -0.25) is 9.69 Å². The first-order valence-corrected chi connectivity index (χ1v) is 8.30. The van der Waals surface area contributed by atoms with Gasteiger partial charge in [-0.25, -0.2) is 8.42 Å². The highest BCUT2D eigenvalue weighted by Gasteiger charge is 2.23. The lowest BCUT2D eigenvalue weighted by atomic mass is 10.3. The van der Waals surface area contributed by atoms with Crippen LogP contribution in [0.2, 0.25) is 0 Å². The van der Waals surface area contributed by atoms with Crippen LogP contribution in [0.5, 0.6) is 0 Å². The lowest BCUT2D eigenvalue weighted by molar-refractivity contribution is -0.132. The molecule has 0 aromatic carbocycles. The minimum Gasteiger partial charge on any atom is -0.339 e. The van der Waals surface area contributed by atoms with Gasteiger partial charge in [0.1, 0.15) is 0 Å². The minimum atomic E-state index is -2.89. The maximum Gasteiger partial charge on any atom is 0.236 e. The molecule has 0 atom stereocenters. The average molecular weight is 275 g/mol. The van der Waals surface area contributed by atoms with E-state index >= 15 is 0 Å². The SMILES string of the molecule is O=C(CN1CCCS(=O)(=O)CC1)N1CCNCC1. The van der Waals surface area contributed by atoms with Crippen LogP contribution in [0.3, 0.4) is 0 Å². The monoisotopic (exact) mass is 275 g/mol. The zero-order valence-corrected chi connectivity index (χ0v) is 11.4. The summed E-state index contributed by atoms with van der Waals surface area (Å²) in [6.07, 6.45) is 0.636. The van der Waals surface area contributed by atoms with Gasteiger partial charge >= 0.3 is 0 Å². The smallest absolute Gasteiger partial charge is 0.236 e. The Labute approximate surface area is 108 Å². The Morgan fingerprint density at radius 1 is 1.06 bits per heavy atom. The summed E-state index contributed by atoms with van der Waals surface area (Å²) in [6, 6.07) is 0. The third-order valence-corrected chi connectivity index (χ3v) is 5.19. The molecule has 1 amide bonds. The molecule has 2 rings (SSSR count). The highest BCUT2D eigenvalue weighted by molar-refractivity contribution is 7.91. The fourth-order valence-corrected chi connectivity index (χ4v) is 3.66. The number of amides is 1. The van der Waals surface area contributed by atoms with E-state index in [1.807, 2.05) is 9.80 Å². The molecule has 2 aliphatic rings. The van der Waals surface area contributed by atoms with E-state index in [0.717, 1.165) is 26.2 Å². The van der Waals surface area contributed by atoms with Gasteiger partial charge in [0.05, 0.1) is 18.1 Å². The van der Waals surface area contributed by atoms with Crippen molar-refractivity contribution in [3.63, 3.8) is 0 Å². The summed E-state index contributed by atoms with van der Waals surface area (Å²) in [5, 5.41) is 3.21. The summed E-state index contributed by atoms with van der Waals surface area (Å²) in [4.78, 5) is 15.9. The number of carbonyl (C=O) groups is 1. The third-order valence-electron chi connectivity index (χ3n) is 3.48. The van der Waals surface area contributed by atoms with Crippen molar-refractivity contribution in [1.29, 1.82) is 0 Å². The zero-order chi connectivity index (χ0) is 13.0. The van der Waals surface area contributed by atoms with E-state index in [2.05, 4.69) is 5.32 Å². The number of rotatable bonds is 2. The number of hydrogen-bond acceptors (Lipinski definition) is 5. The molecule has 2 fully saturated rings. The molecule has 6 nitrogen and oxygen atoms in total. The van der Waals surface area contributed by atoms with Crippen molar-refractivity contribution in [3.8, 4) is 0 Å². The molecule has 0 saturated carbocycles. The molecule has 2 aliphatic heterocycles. The van der Waals surface area contributed by atoms with Gasteiger partial charge in [0.2, 0.25) is 5.91 Å². The van der Waals surface area contributed by atoms with Crippen molar-refractivity contribution in [2.75, 3.05) is 57.3 Å². The molecule has 18 heavy (non-hydrogen) atoms. The van der Waals surface area contributed by atoms with Crippen LogP contribution < -0.4 is 5.32 Å². The first kappa shape index (κ1) is 13.8. The summed E-state index contributed by atoms with van der Waals surface area (Å²) in [5.41, 5.74) is 0. The molecule has 0 unspecified atom stereocenters. The van der Waals surface area contributed by atoms with Crippen LogP contribution >= 0.6 is 0 Å². The van der Waals surface area contributed by atoms with Crippen LogP contribution in [0.4, 0.5) is 0 Å². The van der Waals surface area contributed by atoms with Crippen LogP contribution in [0, 0.1) is 0 Å². The molecule has 0 aromatic rings. The normalized spacial score (nSPS) is 25.7. The zero-order valence-electron chi connectivity index (χ0n) is 10.6. The molecule has 0 radical (unpaired) electrons. The summed E-state index contributed by atoms with van der Waals surface area (Å²) in [6.45, 7) is 4.75. The number of sulfone groups is 1. The molecule has 7 heteroatoms. The Bertz CT molecular complexity index is 390. The van der Waals surface area contributed by atoms with Crippen molar-refractivity contribution in [3.05, 3.63) is 0 Å². The topological polar surface area (TPSA) is 69.7 Å². The van der Waals surface area contributed by atoms with E-state index in [0.29, 0.717) is 26.1 Å². The Hall–Kier alpha value is -0.660. The Balaban J connectivity index is 1.83. The van der Waals surface area contributed by atoms with Gasteiger partial charge in [0, 0.05) is 32.7 Å². The predicted octanol–water partition coefficient (Wildman–Crippen LogP) is -1.46. The Kier molecular flexibility index (Phi) is 4.58. The molecule has 104 valence electrons. The highest BCUT2D eigenvalue weighted by atomic mass is 32.2. The number of piperazine rings is 1. The highest BCUT2D eigenvalue weighted by Crippen LogP contribution is 2.05. The maximum atomic E-state index is 12.0. The van der Waals surface area contributed by atoms with Gasteiger partial charge < -0.3 is 10.2 Å². The molecular weight excluding hydrogens is 254 g/mol. The minimum absolute atomic E-state index is 0.121. The van der Waals surface area contributed by atoms with Crippen molar-refractivity contribution < 1.29 is 13.2 Å². The van der Waals surface area contributed by atoms with Gasteiger partial charge in [-0.15, -0.1) is 0 Å². The standard InChI is InChI=1S/C11H21N3O3S/c15-11(14-5-2-12-3-6-14)10-13-4-1-8-18(16,17)9-7-13/h12H,1-10H2. The molecule has 1 N–H and O–H groups in total. The van der Waals surface area contributed by atoms with Gasteiger partial charge in [0.25, 0.3) is 0 Å². The predicted molar refractivity (Wildman–Crippen MR) is 69.2 cm³/mol. The van der Waals surface area contributed by atoms with Crippen molar-refractivity contribution in [2.45, 2.75) is 6.42 Å². The summed E-state index contributed by atoms with van der Waals surface area (Å²) >= 11 is 0. The quantitative estimate of drug-likeness (QED) is 0.667.